The Kier molecular flexibility index (Phi) is 5.17. The molecule has 1 amide bonds. The van der Waals surface area contributed by atoms with Gasteiger partial charge in [0.25, 0.3) is 0 Å². The summed E-state index contributed by atoms with van der Waals surface area (Å²) in [4.78, 5) is 17.4. The lowest BCUT2D eigenvalue weighted by molar-refractivity contribution is -0.127. The molecule has 0 unspecified atom stereocenters. The topological polar surface area (TPSA) is 42.0 Å². The summed E-state index contributed by atoms with van der Waals surface area (Å²) in [6.07, 6.45) is 5.91. The minimum absolute atomic E-state index is 0.104. The summed E-state index contributed by atoms with van der Waals surface area (Å²) in [7, 11) is 0. The van der Waals surface area contributed by atoms with Crippen molar-refractivity contribution in [2.45, 2.75) is 51.0 Å². The summed E-state index contributed by atoms with van der Waals surface area (Å²) in [5.74, 6) is 0.804. The number of carbonyl (C=O) groups excluding carboxylic acids is 1. The average molecular weight is 373 g/mol. The fourth-order valence-electron chi connectivity index (χ4n) is 4.48. The molecular weight excluding hydrogens is 344 g/mol. The minimum Gasteiger partial charge on any atom is -0.347 e. The van der Waals surface area contributed by atoms with Gasteiger partial charge in [-0.05, 0) is 68.7 Å². The third-order valence-electron chi connectivity index (χ3n) is 6.15. The van der Waals surface area contributed by atoms with Gasteiger partial charge in [0.05, 0.1) is 11.1 Å². The van der Waals surface area contributed by atoms with Crippen LogP contribution in [0.25, 0.3) is 10.9 Å². The minimum atomic E-state index is -0.351. The Morgan fingerprint density at radius 2 is 1.61 bits per heavy atom. The Morgan fingerprint density at radius 1 is 0.929 bits per heavy atom. The molecule has 3 aromatic rings. The molecule has 1 aliphatic carbocycles. The zero-order chi connectivity index (χ0) is 19.6. The molecule has 0 aliphatic heterocycles. The quantitative estimate of drug-likeness (QED) is 0.651. The lowest BCUT2D eigenvalue weighted by Gasteiger charge is -2.33. The van der Waals surface area contributed by atoms with Gasteiger partial charge in [-0.2, -0.15) is 0 Å². The van der Waals surface area contributed by atoms with Gasteiger partial charge in [-0.25, -0.2) is 0 Å². The highest BCUT2D eigenvalue weighted by Gasteiger charge is 2.31. The van der Waals surface area contributed by atoms with Crippen LogP contribution < -0.4 is 5.32 Å². The molecule has 28 heavy (non-hydrogen) atoms. The van der Waals surface area contributed by atoms with Crippen molar-refractivity contribution in [3.05, 3.63) is 78.0 Å². The van der Waals surface area contributed by atoms with E-state index in [4.69, 9.17) is 0 Å². The molecule has 0 saturated heterocycles. The van der Waals surface area contributed by atoms with Crippen molar-refractivity contribution in [3.8, 4) is 0 Å². The molecule has 1 heterocycles. The predicted molar refractivity (Wildman–Crippen MR) is 114 cm³/mol. The van der Waals surface area contributed by atoms with Gasteiger partial charge in [-0.1, -0.05) is 48.5 Å². The van der Waals surface area contributed by atoms with E-state index in [9.17, 15) is 4.79 Å². The second-order valence-electron chi connectivity index (χ2n) is 8.45. The van der Waals surface area contributed by atoms with E-state index in [1.54, 1.807) is 0 Å². The molecule has 0 spiro atoms. The molecule has 3 nitrogen and oxygen atoms in total. The van der Waals surface area contributed by atoms with Crippen molar-refractivity contribution >= 4 is 16.8 Å². The first-order valence-corrected chi connectivity index (χ1v) is 10.3. The van der Waals surface area contributed by atoms with Crippen molar-refractivity contribution < 1.29 is 4.79 Å². The van der Waals surface area contributed by atoms with Crippen LogP contribution in [0.2, 0.25) is 0 Å². The maximum atomic E-state index is 12.9. The van der Waals surface area contributed by atoms with E-state index in [0.717, 1.165) is 36.8 Å². The molecule has 144 valence electrons. The summed E-state index contributed by atoms with van der Waals surface area (Å²) in [6, 6.07) is 20.7. The second kappa shape index (κ2) is 7.75. The molecule has 0 bridgehead atoms. The third kappa shape index (κ3) is 3.80. The Balaban J connectivity index is 1.42. The first kappa shape index (κ1) is 18.7. The summed E-state index contributed by atoms with van der Waals surface area (Å²) < 4.78 is 0. The zero-order valence-electron chi connectivity index (χ0n) is 16.7. The monoisotopic (exact) mass is 372 g/mol. The number of fused-ring (bicyclic) bond motifs is 1. The first-order valence-electron chi connectivity index (χ1n) is 10.3. The number of aromatic nitrogens is 1. The number of benzene rings is 2. The largest absolute Gasteiger partial charge is 0.347 e. The van der Waals surface area contributed by atoms with Gasteiger partial charge < -0.3 is 5.32 Å². The van der Waals surface area contributed by atoms with Crippen molar-refractivity contribution in [2.75, 3.05) is 0 Å². The number of hydrogen-bond acceptors (Lipinski definition) is 2. The van der Waals surface area contributed by atoms with E-state index >= 15 is 0 Å². The lowest BCUT2D eigenvalue weighted by Crippen LogP contribution is -2.44. The SMILES string of the molecule is CC(C)(NC(=O)[C@H]1CC[C@@H](c2ccnc3ccccc32)CC1)c1ccccc1. The van der Waals surface area contributed by atoms with Gasteiger partial charge in [-0.3, -0.25) is 9.78 Å². The van der Waals surface area contributed by atoms with E-state index in [1.807, 2.05) is 30.5 Å². The molecule has 1 aromatic heterocycles. The molecule has 0 radical (unpaired) electrons. The van der Waals surface area contributed by atoms with Gasteiger partial charge in [0.15, 0.2) is 0 Å². The Morgan fingerprint density at radius 3 is 2.36 bits per heavy atom. The Hall–Kier alpha value is -2.68. The fraction of sp³-hybridized carbons (Fsp3) is 0.360. The number of para-hydroxylation sites is 1. The van der Waals surface area contributed by atoms with Crippen LogP contribution in [0, 0.1) is 5.92 Å². The maximum absolute atomic E-state index is 12.9. The molecular formula is C25H28N2O. The summed E-state index contributed by atoms with van der Waals surface area (Å²) in [5, 5.41) is 4.53. The standard InChI is InChI=1S/C25H28N2O/c1-25(2,20-8-4-3-5-9-20)27-24(28)19-14-12-18(13-15-19)21-16-17-26-23-11-7-6-10-22(21)23/h3-11,16-19H,12-15H2,1-2H3,(H,27,28)/t18-,19+. The van der Waals surface area contributed by atoms with Crippen LogP contribution in [0.15, 0.2) is 66.9 Å². The van der Waals surface area contributed by atoms with E-state index in [-0.39, 0.29) is 17.4 Å². The lowest BCUT2D eigenvalue weighted by atomic mass is 9.77. The third-order valence-corrected chi connectivity index (χ3v) is 6.15. The van der Waals surface area contributed by atoms with E-state index in [0.29, 0.717) is 5.92 Å². The number of nitrogens with zero attached hydrogens (tertiary/aromatic N) is 1. The van der Waals surface area contributed by atoms with E-state index in [1.165, 1.54) is 10.9 Å². The highest BCUT2D eigenvalue weighted by molar-refractivity contribution is 5.83. The molecule has 0 atom stereocenters. The number of rotatable bonds is 4. The normalized spacial score (nSPS) is 20.1. The molecule has 1 fully saturated rings. The van der Waals surface area contributed by atoms with Gasteiger partial charge in [0.1, 0.15) is 0 Å². The number of carbonyl (C=O) groups is 1. The maximum Gasteiger partial charge on any atom is 0.223 e. The molecule has 4 rings (SSSR count). The van der Waals surface area contributed by atoms with Crippen LogP contribution in [0.1, 0.15) is 56.6 Å². The van der Waals surface area contributed by atoms with E-state index < -0.39 is 0 Å². The van der Waals surface area contributed by atoms with Gasteiger partial charge in [0.2, 0.25) is 5.91 Å². The van der Waals surface area contributed by atoms with Gasteiger partial charge in [-0.15, -0.1) is 0 Å². The van der Waals surface area contributed by atoms with Crippen LogP contribution in [0.3, 0.4) is 0 Å². The van der Waals surface area contributed by atoms with Crippen LogP contribution in [-0.4, -0.2) is 10.9 Å². The fourth-order valence-corrected chi connectivity index (χ4v) is 4.48. The number of nitrogens with one attached hydrogen (secondary N) is 1. The molecule has 1 N–H and O–H groups in total. The molecule has 1 aliphatic rings. The second-order valence-corrected chi connectivity index (χ2v) is 8.45. The number of amides is 1. The van der Waals surface area contributed by atoms with Gasteiger partial charge >= 0.3 is 0 Å². The van der Waals surface area contributed by atoms with Crippen molar-refractivity contribution in [2.24, 2.45) is 5.92 Å². The summed E-state index contributed by atoms with van der Waals surface area (Å²) in [5.41, 5.74) is 3.23. The molecule has 2 aromatic carbocycles. The van der Waals surface area contributed by atoms with Crippen LogP contribution in [-0.2, 0) is 10.3 Å². The summed E-state index contributed by atoms with van der Waals surface area (Å²) in [6.45, 7) is 4.16. The zero-order valence-corrected chi connectivity index (χ0v) is 16.7. The van der Waals surface area contributed by atoms with Crippen molar-refractivity contribution in [1.82, 2.24) is 10.3 Å². The van der Waals surface area contributed by atoms with Crippen molar-refractivity contribution in [3.63, 3.8) is 0 Å². The molecule has 1 saturated carbocycles. The number of pyridine rings is 1. The van der Waals surface area contributed by atoms with Crippen LogP contribution in [0.4, 0.5) is 0 Å². The van der Waals surface area contributed by atoms with Crippen molar-refractivity contribution in [1.29, 1.82) is 0 Å². The highest BCUT2D eigenvalue weighted by Crippen LogP contribution is 2.38. The van der Waals surface area contributed by atoms with Crippen LogP contribution >= 0.6 is 0 Å². The average Bonchev–Trinajstić information content (AvgIpc) is 2.74. The number of hydrogen-bond donors (Lipinski definition) is 1. The Bertz CT molecular complexity index is 951. The van der Waals surface area contributed by atoms with Gasteiger partial charge in [0, 0.05) is 17.5 Å². The van der Waals surface area contributed by atoms with Crippen LogP contribution in [0.5, 0.6) is 0 Å². The summed E-state index contributed by atoms with van der Waals surface area (Å²) >= 11 is 0. The smallest absolute Gasteiger partial charge is 0.223 e. The predicted octanol–water partition coefficient (Wildman–Crippen LogP) is 5.56. The Labute approximate surface area is 167 Å². The van der Waals surface area contributed by atoms with E-state index in [2.05, 4.69) is 60.5 Å². The molecule has 3 heteroatoms. The highest BCUT2D eigenvalue weighted by atomic mass is 16.2. The first-order chi connectivity index (χ1) is 13.5.